The first-order valence-electron chi connectivity index (χ1n) is 9.93. The zero-order valence-corrected chi connectivity index (χ0v) is 21.0. The number of halogens is 1. The third-order valence-electron chi connectivity index (χ3n) is 4.96. The van der Waals surface area contributed by atoms with Gasteiger partial charge in [0.25, 0.3) is 0 Å². The molecular weight excluding hydrogens is 508 g/mol. The predicted molar refractivity (Wildman–Crippen MR) is 132 cm³/mol. The molecule has 0 saturated heterocycles. The van der Waals surface area contributed by atoms with Crippen molar-refractivity contribution in [1.29, 1.82) is 0 Å². The number of phenolic OH excluding ortho intramolecular Hbond substituents is 1. The second-order valence-corrected chi connectivity index (χ2v) is 8.78. The van der Waals surface area contributed by atoms with Gasteiger partial charge in [0.2, 0.25) is 0 Å². The lowest BCUT2D eigenvalue weighted by molar-refractivity contribution is 0.141. The van der Waals surface area contributed by atoms with Gasteiger partial charge in [-0.25, -0.2) is 0 Å². The number of aromatic hydroxyl groups is 1. The number of rotatable bonds is 12. The van der Waals surface area contributed by atoms with E-state index in [4.69, 9.17) is 25.1 Å². The second-order valence-electron chi connectivity index (χ2n) is 6.97. The van der Waals surface area contributed by atoms with Crippen LogP contribution in [0.5, 0.6) is 11.5 Å². The minimum Gasteiger partial charge on any atom is -0.507 e. The molecule has 1 aromatic heterocycles. The maximum Gasteiger partial charge on any atom is 0.391 e. The molecule has 10 nitrogen and oxygen atoms in total. The molecule has 2 unspecified atom stereocenters. The Morgan fingerprint density at radius 3 is 2.41 bits per heavy atom. The lowest BCUT2D eigenvalue weighted by atomic mass is 9.88. The fourth-order valence-corrected chi connectivity index (χ4v) is 4.57. The highest BCUT2D eigenvalue weighted by Gasteiger charge is 2.33. The van der Waals surface area contributed by atoms with Crippen LogP contribution in [0.1, 0.15) is 30.6 Å². The fraction of sp³-hybridized carbons (Fsp3) is 0.286. The summed E-state index contributed by atoms with van der Waals surface area (Å²) in [6.45, 7) is 9.19. The summed E-state index contributed by atoms with van der Waals surface area (Å²) in [5.41, 5.74) is -0.333. The number of nitrogens with one attached hydrogen (secondary N) is 1. The van der Waals surface area contributed by atoms with Crippen molar-refractivity contribution in [2.45, 2.75) is 25.4 Å². The van der Waals surface area contributed by atoms with E-state index in [1.807, 2.05) is 0 Å². The molecule has 0 amide bonds. The zero-order valence-electron chi connectivity index (χ0n) is 18.4. The lowest BCUT2D eigenvalue weighted by Crippen LogP contribution is -2.31. The Hall–Kier alpha value is -1.84. The van der Waals surface area contributed by atoms with Crippen LogP contribution < -0.4 is 15.3 Å². The quantitative estimate of drug-likeness (QED) is 0.175. The topological polar surface area (TPSA) is 162 Å². The molecule has 186 valence electrons. The van der Waals surface area contributed by atoms with Crippen molar-refractivity contribution in [3.63, 3.8) is 0 Å². The maximum atomic E-state index is 13.0. The van der Waals surface area contributed by atoms with Gasteiger partial charge in [0, 0.05) is 35.7 Å². The molecule has 0 fully saturated rings. The van der Waals surface area contributed by atoms with Gasteiger partial charge in [-0.05, 0) is 19.5 Å². The normalized spacial score (nSPS) is 14.3. The monoisotopic (exact) mass is 533 g/mol. The maximum absolute atomic E-state index is 13.0. The summed E-state index contributed by atoms with van der Waals surface area (Å²) >= 11 is 6.19. The summed E-state index contributed by atoms with van der Waals surface area (Å²) in [6, 6.07) is 2.19. The number of likely N-dealkylation sites (N-methyl/N-ethyl adjacent to an activating group) is 1. The van der Waals surface area contributed by atoms with E-state index in [1.54, 1.807) is 14.0 Å². The minimum absolute atomic E-state index is 0.0120. The van der Waals surface area contributed by atoms with Crippen LogP contribution in [0, 0.1) is 0 Å². The van der Waals surface area contributed by atoms with Crippen molar-refractivity contribution in [3.05, 3.63) is 64.0 Å². The van der Waals surface area contributed by atoms with Crippen LogP contribution in [0.3, 0.4) is 0 Å². The molecule has 0 aliphatic carbocycles. The molecule has 2 rings (SSSR count). The molecule has 13 heteroatoms. The summed E-state index contributed by atoms with van der Waals surface area (Å²) < 4.78 is 16.5. The van der Waals surface area contributed by atoms with Gasteiger partial charge in [-0.1, -0.05) is 37.8 Å². The molecule has 0 radical (unpaired) electrons. The Morgan fingerprint density at radius 1 is 1.24 bits per heavy atom. The van der Waals surface area contributed by atoms with Crippen LogP contribution in [0.25, 0.3) is 16.5 Å². The van der Waals surface area contributed by atoms with Gasteiger partial charge in [-0.3, -0.25) is 4.79 Å². The Balaban J connectivity index is 3.02. The smallest absolute Gasteiger partial charge is 0.391 e. The van der Waals surface area contributed by atoms with Crippen LogP contribution in [0.4, 0.5) is 0 Å². The van der Waals surface area contributed by atoms with Crippen LogP contribution in [0.2, 0.25) is 0 Å². The Morgan fingerprint density at radius 2 is 1.91 bits per heavy atom. The lowest BCUT2D eigenvalue weighted by Gasteiger charge is -2.28. The van der Waals surface area contributed by atoms with E-state index >= 15 is 0 Å². The molecule has 1 heterocycles. The van der Waals surface area contributed by atoms with E-state index in [2.05, 4.69) is 18.5 Å². The van der Waals surface area contributed by atoms with Crippen molar-refractivity contribution < 1.29 is 38.1 Å². The molecule has 6 N–H and O–H groups in total. The third kappa shape index (κ3) is 6.43. The molecule has 0 aliphatic heterocycles. The minimum atomic E-state index is -2.92. The van der Waals surface area contributed by atoms with Crippen molar-refractivity contribution in [2.75, 3.05) is 13.6 Å². The average molecular weight is 534 g/mol. The van der Waals surface area contributed by atoms with Gasteiger partial charge in [0.1, 0.15) is 28.2 Å². The summed E-state index contributed by atoms with van der Waals surface area (Å²) in [7, 11) is -4.05. The van der Waals surface area contributed by atoms with Crippen molar-refractivity contribution in [2.24, 2.45) is 0 Å². The van der Waals surface area contributed by atoms with Crippen LogP contribution in [0.15, 0.2) is 51.7 Å². The van der Waals surface area contributed by atoms with Crippen molar-refractivity contribution in [3.8, 4) is 11.5 Å². The van der Waals surface area contributed by atoms with E-state index in [1.165, 1.54) is 12.2 Å². The van der Waals surface area contributed by atoms with Gasteiger partial charge in [0.05, 0.1) is 11.1 Å². The van der Waals surface area contributed by atoms with Crippen molar-refractivity contribution >= 4 is 45.3 Å². The first kappa shape index (κ1) is 28.4. The van der Waals surface area contributed by atoms with Crippen LogP contribution in [-0.2, 0) is 4.52 Å². The molecule has 0 saturated carbocycles. The molecule has 34 heavy (non-hydrogen) atoms. The molecule has 2 aromatic rings. The second kappa shape index (κ2) is 12.7. The first-order chi connectivity index (χ1) is 16.1. The average Bonchev–Trinajstić information content (AvgIpc) is 2.75. The summed E-state index contributed by atoms with van der Waals surface area (Å²) in [5, 5.41) is 13.4. The molecule has 1 aromatic carbocycles. The zero-order chi connectivity index (χ0) is 25.6. The van der Waals surface area contributed by atoms with E-state index in [-0.39, 0.29) is 45.2 Å². The number of phenols is 1. The summed E-state index contributed by atoms with van der Waals surface area (Å²) in [6.07, 6.45) is 2.15. The van der Waals surface area contributed by atoms with Gasteiger partial charge in [-0.15, -0.1) is 0 Å². The Labute approximate surface area is 203 Å². The van der Waals surface area contributed by atoms with Gasteiger partial charge in [0.15, 0.2) is 5.43 Å². The van der Waals surface area contributed by atoms with E-state index in [0.717, 1.165) is 12.1 Å². The van der Waals surface area contributed by atoms with Crippen LogP contribution in [-0.4, -0.2) is 44.4 Å². The Kier molecular flexibility index (Phi) is 10.6. The van der Waals surface area contributed by atoms with Gasteiger partial charge < -0.3 is 43.5 Å². The SMILES string of the molecule is C=C/C(Cl)=C(\C=C)c1cc(=O)c2c(O)cc(OP(O)O)c(C(CC)C(CNC)OP(O)O)c2o1. The van der Waals surface area contributed by atoms with Crippen molar-refractivity contribution in [1.82, 2.24) is 5.32 Å². The van der Waals surface area contributed by atoms with E-state index in [9.17, 15) is 29.5 Å². The predicted octanol–water partition coefficient (Wildman–Crippen LogP) is 3.72. The number of fused-ring (bicyclic) bond motifs is 1. The molecular formula is C21H26ClNO9P2. The molecule has 2 atom stereocenters. The standard InChI is InChI=1S/C21H26ClNO9P2/c1-5-11(13(22)7-3)16-8-14(24)20-15(25)9-17(31-33(26)27)19(21(20)30-16)12(6-2)18(10-23-4)32-34(28)29/h5,7-9,12,18,23,25-29H,1,3,6,10H2,2,4H3/b13-11-. The van der Waals surface area contributed by atoms with E-state index < -0.39 is 40.4 Å². The molecule has 0 aliphatic rings. The summed E-state index contributed by atoms with van der Waals surface area (Å²) in [4.78, 5) is 51.1. The highest BCUT2D eigenvalue weighted by molar-refractivity contribution is 7.40. The van der Waals surface area contributed by atoms with E-state index in [0.29, 0.717) is 6.42 Å². The number of allylic oxidation sites excluding steroid dienone is 4. The summed E-state index contributed by atoms with van der Waals surface area (Å²) in [5.74, 6) is -1.40. The number of benzene rings is 1. The number of hydrogen-bond acceptors (Lipinski definition) is 10. The molecule has 0 bridgehead atoms. The first-order valence-corrected chi connectivity index (χ1v) is 12.6. The third-order valence-corrected chi connectivity index (χ3v) is 6.14. The highest BCUT2D eigenvalue weighted by atomic mass is 35.5. The fourth-order valence-electron chi connectivity index (χ4n) is 3.61. The van der Waals surface area contributed by atoms with Gasteiger partial charge >= 0.3 is 17.2 Å². The van der Waals surface area contributed by atoms with Gasteiger partial charge in [-0.2, -0.15) is 0 Å². The largest absolute Gasteiger partial charge is 0.507 e. The highest BCUT2D eigenvalue weighted by Crippen LogP contribution is 2.46. The number of hydrogen-bond donors (Lipinski definition) is 6. The Bertz CT molecular complexity index is 1130. The molecule has 0 spiro atoms. The van der Waals surface area contributed by atoms with Crippen LogP contribution >= 0.6 is 28.8 Å².